The number of rotatable bonds is 9. The fourth-order valence-corrected chi connectivity index (χ4v) is 4.38. The molecule has 0 saturated carbocycles. The van der Waals surface area contributed by atoms with Gasteiger partial charge in [0.25, 0.3) is 0 Å². The number of carboxylic acid groups (broad SMARTS) is 1. The van der Waals surface area contributed by atoms with Crippen molar-refractivity contribution in [3.05, 3.63) is 96.7 Å². The Labute approximate surface area is 203 Å². The average Bonchev–Trinajstić information content (AvgIpc) is 3.21. The first kappa shape index (κ1) is 22.6. The number of hydrogen-bond donors (Lipinski definition) is 1. The van der Waals surface area contributed by atoms with Crippen LogP contribution in [0.2, 0.25) is 0 Å². The highest BCUT2D eigenvalue weighted by Crippen LogP contribution is 2.32. The first-order valence-electron chi connectivity index (χ1n) is 11.6. The largest absolute Gasteiger partial charge is 0.479 e. The standard InChI is InChI=1S/C29H26N2O4/c1-2-34-28(29(32)33)17-20-10-13-22(14-11-20)35-19-31-26-9-4-3-7-23(26)24-18-21(12-15-27(24)31)25-8-5-6-16-30-25/h3-16,18,28H,2,17,19H2,1H3,(H,32,33)/t28-/m0/s1. The van der Waals surface area contributed by atoms with Gasteiger partial charge < -0.3 is 19.1 Å². The number of carboxylic acids is 1. The molecule has 35 heavy (non-hydrogen) atoms. The molecular formula is C29H26N2O4. The summed E-state index contributed by atoms with van der Waals surface area (Å²) in [5.74, 6) is -0.238. The first-order valence-corrected chi connectivity index (χ1v) is 11.6. The van der Waals surface area contributed by atoms with Gasteiger partial charge in [0, 0.05) is 35.6 Å². The summed E-state index contributed by atoms with van der Waals surface area (Å²) >= 11 is 0. The highest BCUT2D eigenvalue weighted by atomic mass is 16.5. The van der Waals surface area contributed by atoms with E-state index in [-0.39, 0.29) is 0 Å². The number of nitrogens with zero attached hydrogens (tertiary/aromatic N) is 2. The van der Waals surface area contributed by atoms with Crippen molar-refractivity contribution >= 4 is 27.8 Å². The predicted molar refractivity (Wildman–Crippen MR) is 136 cm³/mol. The maximum absolute atomic E-state index is 11.4. The molecule has 0 aliphatic heterocycles. The Hall–Kier alpha value is -4.16. The van der Waals surface area contributed by atoms with E-state index in [9.17, 15) is 9.90 Å². The van der Waals surface area contributed by atoms with Crippen molar-refractivity contribution in [1.82, 2.24) is 9.55 Å². The lowest BCUT2D eigenvalue weighted by Crippen LogP contribution is -2.26. The number of aliphatic carboxylic acids is 1. The zero-order chi connectivity index (χ0) is 24.2. The second kappa shape index (κ2) is 9.99. The van der Waals surface area contributed by atoms with E-state index < -0.39 is 12.1 Å². The third kappa shape index (κ3) is 4.74. The number of benzene rings is 3. The van der Waals surface area contributed by atoms with E-state index in [4.69, 9.17) is 9.47 Å². The van der Waals surface area contributed by atoms with Gasteiger partial charge in [-0.2, -0.15) is 0 Å². The van der Waals surface area contributed by atoms with Crippen LogP contribution in [0, 0.1) is 0 Å². The average molecular weight is 467 g/mol. The van der Waals surface area contributed by atoms with E-state index in [1.807, 2.05) is 54.6 Å². The maximum Gasteiger partial charge on any atom is 0.333 e. The highest BCUT2D eigenvalue weighted by Gasteiger charge is 2.18. The normalized spacial score (nSPS) is 12.1. The van der Waals surface area contributed by atoms with Gasteiger partial charge in [-0.05, 0) is 55.0 Å². The molecule has 1 atom stereocenters. The molecule has 0 fully saturated rings. The molecule has 5 aromatic rings. The summed E-state index contributed by atoms with van der Waals surface area (Å²) in [6, 6.07) is 28.1. The molecule has 0 unspecified atom stereocenters. The molecule has 176 valence electrons. The summed E-state index contributed by atoms with van der Waals surface area (Å²) in [6.07, 6.45) is 1.27. The van der Waals surface area contributed by atoms with Crippen LogP contribution in [0.5, 0.6) is 5.75 Å². The Morgan fingerprint density at radius 3 is 2.46 bits per heavy atom. The third-order valence-electron chi connectivity index (χ3n) is 6.08. The Bertz CT molecular complexity index is 1460. The van der Waals surface area contributed by atoms with Crippen molar-refractivity contribution in [2.75, 3.05) is 6.61 Å². The molecule has 3 aromatic carbocycles. The summed E-state index contributed by atoms with van der Waals surface area (Å²) in [5, 5.41) is 11.6. The fraction of sp³-hybridized carbons (Fsp3) is 0.172. The summed E-state index contributed by atoms with van der Waals surface area (Å²) in [5.41, 5.74) is 5.08. The highest BCUT2D eigenvalue weighted by molar-refractivity contribution is 6.09. The van der Waals surface area contributed by atoms with Crippen LogP contribution in [0.15, 0.2) is 91.1 Å². The lowest BCUT2D eigenvalue weighted by molar-refractivity contribution is -0.149. The van der Waals surface area contributed by atoms with Crippen LogP contribution in [-0.2, 0) is 22.7 Å². The molecule has 2 heterocycles. The molecule has 5 rings (SSSR count). The summed E-state index contributed by atoms with van der Waals surface area (Å²) in [4.78, 5) is 15.8. The molecular weight excluding hydrogens is 440 g/mol. The Morgan fingerprint density at radius 1 is 0.943 bits per heavy atom. The second-order valence-corrected chi connectivity index (χ2v) is 8.30. The van der Waals surface area contributed by atoms with E-state index in [1.165, 1.54) is 0 Å². The fourth-order valence-electron chi connectivity index (χ4n) is 4.38. The van der Waals surface area contributed by atoms with Gasteiger partial charge in [-0.25, -0.2) is 4.79 Å². The number of fused-ring (bicyclic) bond motifs is 3. The van der Waals surface area contributed by atoms with Gasteiger partial charge in [-0.3, -0.25) is 4.98 Å². The number of hydrogen-bond acceptors (Lipinski definition) is 4. The van der Waals surface area contributed by atoms with Crippen molar-refractivity contribution in [1.29, 1.82) is 0 Å². The number of aromatic nitrogens is 2. The zero-order valence-electron chi connectivity index (χ0n) is 19.4. The topological polar surface area (TPSA) is 73.6 Å². The van der Waals surface area contributed by atoms with E-state index in [1.54, 1.807) is 13.1 Å². The van der Waals surface area contributed by atoms with Gasteiger partial charge in [0.15, 0.2) is 12.8 Å². The monoisotopic (exact) mass is 466 g/mol. The quantitative estimate of drug-likeness (QED) is 0.292. The number of para-hydroxylation sites is 1. The lowest BCUT2D eigenvalue weighted by atomic mass is 10.1. The van der Waals surface area contributed by atoms with E-state index in [0.29, 0.717) is 25.5 Å². The minimum absolute atomic E-state index is 0.314. The van der Waals surface area contributed by atoms with Crippen LogP contribution >= 0.6 is 0 Å². The van der Waals surface area contributed by atoms with E-state index in [2.05, 4.69) is 39.9 Å². The van der Waals surface area contributed by atoms with Gasteiger partial charge in [-0.1, -0.05) is 42.5 Å². The van der Waals surface area contributed by atoms with Crippen molar-refractivity contribution in [2.24, 2.45) is 0 Å². The maximum atomic E-state index is 11.4. The Balaban J connectivity index is 1.40. The second-order valence-electron chi connectivity index (χ2n) is 8.30. The van der Waals surface area contributed by atoms with Gasteiger partial charge in [0.05, 0.1) is 16.7 Å². The van der Waals surface area contributed by atoms with Gasteiger partial charge in [0.1, 0.15) is 5.75 Å². The SMILES string of the molecule is CCO[C@@H](Cc1ccc(OCn2c3ccccc3c3cc(-c4ccccn4)ccc32)cc1)C(=O)O. The van der Waals surface area contributed by atoms with Crippen molar-refractivity contribution < 1.29 is 19.4 Å². The molecule has 0 saturated heterocycles. The molecule has 0 bridgehead atoms. The van der Waals surface area contributed by atoms with Crippen LogP contribution in [0.4, 0.5) is 0 Å². The smallest absolute Gasteiger partial charge is 0.333 e. The molecule has 0 amide bonds. The molecule has 0 radical (unpaired) electrons. The van der Waals surface area contributed by atoms with Gasteiger partial charge >= 0.3 is 5.97 Å². The number of ether oxygens (including phenoxy) is 2. The molecule has 0 aliphatic rings. The van der Waals surface area contributed by atoms with Crippen molar-refractivity contribution in [3.63, 3.8) is 0 Å². The van der Waals surface area contributed by atoms with Crippen molar-refractivity contribution in [3.8, 4) is 17.0 Å². The van der Waals surface area contributed by atoms with Crippen LogP contribution in [0.1, 0.15) is 12.5 Å². The van der Waals surface area contributed by atoms with Crippen LogP contribution in [0.25, 0.3) is 33.1 Å². The zero-order valence-corrected chi connectivity index (χ0v) is 19.4. The van der Waals surface area contributed by atoms with Crippen LogP contribution < -0.4 is 4.74 Å². The van der Waals surface area contributed by atoms with Gasteiger partial charge in [0.2, 0.25) is 0 Å². The lowest BCUT2D eigenvalue weighted by Gasteiger charge is -2.13. The summed E-state index contributed by atoms with van der Waals surface area (Å²) in [7, 11) is 0. The first-order chi connectivity index (χ1) is 17.1. The Morgan fingerprint density at radius 2 is 1.71 bits per heavy atom. The molecule has 0 spiro atoms. The van der Waals surface area contributed by atoms with E-state index >= 15 is 0 Å². The van der Waals surface area contributed by atoms with Gasteiger partial charge in [-0.15, -0.1) is 0 Å². The van der Waals surface area contributed by atoms with Crippen LogP contribution in [0.3, 0.4) is 0 Å². The molecule has 6 heteroatoms. The third-order valence-corrected chi connectivity index (χ3v) is 6.08. The minimum Gasteiger partial charge on any atom is -0.479 e. The molecule has 2 aromatic heterocycles. The number of pyridine rings is 1. The minimum atomic E-state index is -0.954. The predicted octanol–water partition coefficient (Wildman–Crippen LogP) is 5.93. The summed E-state index contributed by atoms with van der Waals surface area (Å²) < 4.78 is 13.6. The van der Waals surface area contributed by atoms with Crippen molar-refractivity contribution in [2.45, 2.75) is 26.2 Å². The summed E-state index contributed by atoms with van der Waals surface area (Å²) in [6.45, 7) is 2.50. The van der Waals surface area contributed by atoms with Crippen LogP contribution in [-0.4, -0.2) is 33.3 Å². The molecule has 0 aliphatic carbocycles. The molecule has 1 N–H and O–H groups in total. The number of carbonyl (C=O) groups is 1. The Kier molecular flexibility index (Phi) is 6.46. The van der Waals surface area contributed by atoms with E-state index in [0.717, 1.165) is 38.6 Å². The molecule has 6 nitrogen and oxygen atoms in total.